The van der Waals surface area contributed by atoms with Gasteiger partial charge >= 0.3 is 35.5 Å². The molecule has 7 rings (SSSR count). The minimum absolute atomic E-state index is 0. The minimum atomic E-state index is -4.06. The zero-order chi connectivity index (χ0) is 41.6. The quantitative estimate of drug-likeness (QED) is 0.0166. The number of amides is 2. The molecule has 59 heavy (non-hydrogen) atoms. The summed E-state index contributed by atoms with van der Waals surface area (Å²) in [5.74, 6) is -7.50. The number of sulfone groups is 1. The number of carboxylic acids is 1. The Morgan fingerprint density at radius 1 is 1.10 bits per heavy atom. The molecule has 2 aliphatic rings. The SMILES string of the molecule is Cc1cc(SCC2=C(C(=O)O)N3C(=O)[C@@H](NC(=O)/C(=N\OCc4ccc(O)c(O)c4F)c4csc(N)n4)[C@H]3SC2)n2nc(CS(=O)(=O)c3ccc(O)c(O)c3)nc2n1.[NaH]. The van der Waals surface area contributed by atoms with Crippen molar-refractivity contribution in [3.63, 3.8) is 0 Å². The number of fused-ring (bicyclic) bond motifs is 2. The van der Waals surface area contributed by atoms with Gasteiger partial charge in [0, 0.05) is 34.2 Å². The average Bonchev–Trinajstić information content (AvgIpc) is 3.79. The summed E-state index contributed by atoms with van der Waals surface area (Å²) < 4.78 is 41.8. The molecule has 0 radical (unpaired) electrons. The molecule has 26 heteroatoms. The Morgan fingerprint density at radius 3 is 2.54 bits per heavy atom. The number of benzene rings is 2. The third kappa shape index (κ3) is 8.76. The maximum atomic E-state index is 14.4. The van der Waals surface area contributed by atoms with E-state index in [0.717, 1.165) is 58.3 Å². The van der Waals surface area contributed by atoms with Crippen LogP contribution < -0.4 is 11.1 Å². The van der Waals surface area contributed by atoms with Gasteiger partial charge in [-0.1, -0.05) is 5.16 Å². The summed E-state index contributed by atoms with van der Waals surface area (Å²) >= 11 is 3.32. The fourth-order valence-corrected chi connectivity index (χ4v) is 10.0. The van der Waals surface area contributed by atoms with Gasteiger partial charge in [0.2, 0.25) is 0 Å². The number of carboxylic acid groups (broad SMARTS) is 1. The van der Waals surface area contributed by atoms with Gasteiger partial charge < -0.3 is 41.4 Å². The van der Waals surface area contributed by atoms with Crippen molar-refractivity contribution < 1.29 is 57.6 Å². The number of aryl methyl sites for hydroxylation is 1. The number of nitrogens with zero attached hydrogens (tertiary/aromatic N) is 7. The standard InChI is InChI=1S/C33H28FN9O11S4.Na.H/c1-13-6-22(43-33(36-13)38-21(40-43)12-58(52,53)16-3-5-18(44)20(46)7-16)55-9-15-10-56-30-25(29(49)42(30)26(15)31(50)51)39-28(48)24(17-11-57-32(35)37-17)41-54-8-14-2-4-19(45)27(47)23(14)34;;/h2-7,11,25,30,44-47H,8-10,12H2,1H3,(H2,35,37)(H,39,48)(H,50,51);;/b41-24-;;/t25-,30-;;/m1../s1. The molecule has 0 unspecified atom stereocenters. The number of phenols is 4. The van der Waals surface area contributed by atoms with Crippen LogP contribution in [-0.4, -0.2) is 139 Å². The second-order valence-corrected chi connectivity index (χ2v) is 17.5. The molecule has 2 aromatic carbocycles. The van der Waals surface area contributed by atoms with E-state index in [1.54, 1.807) is 13.0 Å². The van der Waals surface area contributed by atoms with E-state index in [-0.39, 0.29) is 79.6 Å². The van der Waals surface area contributed by atoms with E-state index in [4.69, 9.17) is 10.6 Å². The fourth-order valence-electron chi connectivity index (χ4n) is 5.75. The van der Waals surface area contributed by atoms with Crippen LogP contribution in [0.4, 0.5) is 9.52 Å². The van der Waals surface area contributed by atoms with Crippen molar-refractivity contribution in [3.8, 4) is 23.0 Å². The number of rotatable bonds is 13. The number of carbonyl (C=O) groups is 3. The van der Waals surface area contributed by atoms with Gasteiger partial charge in [0.05, 0.1) is 4.90 Å². The van der Waals surface area contributed by atoms with Gasteiger partial charge in [-0.3, -0.25) is 14.5 Å². The van der Waals surface area contributed by atoms with Gasteiger partial charge in [-0.15, -0.1) is 40.0 Å². The van der Waals surface area contributed by atoms with E-state index >= 15 is 0 Å². The van der Waals surface area contributed by atoms with Crippen molar-refractivity contribution >= 4 is 109 Å². The normalized spacial score (nSPS) is 16.7. The summed E-state index contributed by atoms with van der Waals surface area (Å²) in [7, 11) is -4.06. The summed E-state index contributed by atoms with van der Waals surface area (Å²) in [5, 5.41) is 60.5. The molecule has 0 aliphatic carbocycles. The molecule has 3 aromatic heterocycles. The number of phenolic OH excluding ortho intramolecular Hbond substituents is 4. The number of oxime groups is 1. The molecule has 20 nitrogen and oxygen atoms in total. The zero-order valence-electron chi connectivity index (χ0n) is 29.4. The second-order valence-electron chi connectivity index (χ2n) is 12.5. The van der Waals surface area contributed by atoms with Gasteiger partial charge in [-0.05, 0) is 42.8 Å². The molecule has 2 aliphatic heterocycles. The molecule has 0 bridgehead atoms. The number of hydrogen-bond acceptors (Lipinski definition) is 19. The Labute approximate surface area is 366 Å². The summed E-state index contributed by atoms with van der Waals surface area (Å²) in [6.45, 7) is 1.10. The molecule has 8 N–H and O–H groups in total. The molecule has 2 atom stereocenters. The Bertz CT molecular complexity index is 2710. The third-order valence-corrected chi connectivity index (χ3v) is 13.2. The number of aromatic nitrogens is 5. The summed E-state index contributed by atoms with van der Waals surface area (Å²) in [5.41, 5.74) is 5.69. The van der Waals surface area contributed by atoms with Crippen LogP contribution in [-0.2, 0) is 41.4 Å². The number of nitrogen functional groups attached to an aromatic ring is 1. The number of nitrogens with two attached hydrogens (primary N) is 1. The van der Waals surface area contributed by atoms with Gasteiger partial charge in [0.15, 0.2) is 55.3 Å². The Hall–Kier alpha value is -5.18. The van der Waals surface area contributed by atoms with Crippen LogP contribution in [0.15, 0.2) is 68.1 Å². The third-order valence-electron chi connectivity index (χ3n) is 8.54. The number of nitrogens with one attached hydrogen (secondary N) is 1. The number of carbonyl (C=O) groups excluding carboxylic acids is 2. The van der Waals surface area contributed by atoms with Crippen LogP contribution >= 0.6 is 34.9 Å². The molecule has 1 saturated heterocycles. The van der Waals surface area contributed by atoms with Crippen LogP contribution in [0, 0.1) is 12.7 Å². The van der Waals surface area contributed by atoms with E-state index in [1.807, 2.05) is 0 Å². The first-order valence-corrected chi connectivity index (χ1v) is 21.0. The number of β-lactam (4-membered cyclic amide) rings is 1. The molecule has 304 valence electrons. The van der Waals surface area contributed by atoms with Crippen molar-refractivity contribution in [2.24, 2.45) is 5.16 Å². The first kappa shape index (κ1) is 43.4. The van der Waals surface area contributed by atoms with E-state index in [2.05, 4.69) is 30.5 Å². The Morgan fingerprint density at radius 2 is 1.85 bits per heavy atom. The fraction of sp³-hybridized carbons (Fsp3) is 0.212. The molecular weight excluding hydrogens is 869 g/mol. The topological polar surface area (TPSA) is 305 Å². The molecular formula is C33H29FN9NaO11S4. The van der Waals surface area contributed by atoms with Crippen molar-refractivity contribution in [2.45, 2.75) is 40.6 Å². The van der Waals surface area contributed by atoms with Gasteiger partial charge in [-0.2, -0.15) is 9.50 Å². The first-order chi connectivity index (χ1) is 27.5. The number of halogens is 1. The second kappa shape index (κ2) is 17.2. The van der Waals surface area contributed by atoms with Gasteiger partial charge in [-0.25, -0.2) is 27.6 Å². The monoisotopic (exact) mass is 897 g/mol. The van der Waals surface area contributed by atoms with Crippen LogP contribution in [0.2, 0.25) is 0 Å². The molecule has 5 aromatic rings. The van der Waals surface area contributed by atoms with E-state index in [0.29, 0.717) is 16.3 Å². The summed E-state index contributed by atoms with van der Waals surface area (Å²) in [6, 6.07) is 5.71. The van der Waals surface area contributed by atoms with Crippen LogP contribution in [0.1, 0.15) is 22.8 Å². The van der Waals surface area contributed by atoms with E-state index in [1.165, 1.54) is 21.7 Å². The Balaban J connectivity index is 0.00000585. The van der Waals surface area contributed by atoms with E-state index in [9.17, 15) is 52.7 Å². The number of anilines is 1. The van der Waals surface area contributed by atoms with E-state index < -0.39 is 85.9 Å². The van der Waals surface area contributed by atoms with Gasteiger partial charge in [0.1, 0.15) is 40.2 Å². The van der Waals surface area contributed by atoms with Crippen LogP contribution in [0.5, 0.6) is 23.0 Å². The molecule has 0 spiro atoms. The molecule has 2 amide bonds. The number of thioether (sulfide) groups is 2. The molecule has 0 saturated carbocycles. The molecule has 5 heterocycles. The number of aromatic hydroxyl groups is 4. The summed E-state index contributed by atoms with van der Waals surface area (Å²) in [6.07, 6.45) is 0. The van der Waals surface area contributed by atoms with Crippen molar-refractivity contribution in [1.29, 1.82) is 0 Å². The van der Waals surface area contributed by atoms with Crippen molar-refractivity contribution in [1.82, 2.24) is 34.8 Å². The number of aliphatic carboxylic acids is 1. The average molecular weight is 898 g/mol. The number of thiazole rings is 1. The first-order valence-electron chi connectivity index (χ1n) is 16.4. The summed E-state index contributed by atoms with van der Waals surface area (Å²) in [4.78, 5) is 58.2. The van der Waals surface area contributed by atoms with Crippen LogP contribution in [0.25, 0.3) is 5.78 Å². The number of hydrogen-bond donors (Lipinski definition) is 7. The predicted molar refractivity (Wildman–Crippen MR) is 211 cm³/mol. The van der Waals surface area contributed by atoms with Gasteiger partial charge in [0.25, 0.3) is 17.6 Å². The predicted octanol–water partition coefficient (Wildman–Crippen LogP) is 1.21. The van der Waals surface area contributed by atoms with Crippen molar-refractivity contribution in [3.05, 3.63) is 81.6 Å². The maximum absolute atomic E-state index is 14.4. The van der Waals surface area contributed by atoms with Crippen molar-refractivity contribution in [2.75, 3.05) is 17.2 Å². The zero-order valence-corrected chi connectivity index (χ0v) is 32.7. The molecule has 1 fully saturated rings. The Kier molecular flexibility index (Phi) is 12.6. The van der Waals surface area contributed by atoms with Crippen LogP contribution in [0.3, 0.4) is 0 Å².